The number of rotatable bonds is 5. The van der Waals surface area contributed by atoms with Gasteiger partial charge in [0.15, 0.2) is 20.7 Å². The number of anilines is 1. The highest BCUT2D eigenvalue weighted by Crippen LogP contribution is 2.30. The van der Waals surface area contributed by atoms with Crippen LogP contribution in [0.2, 0.25) is 0 Å². The Labute approximate surface area is 163 Å². The third-order valence-electron chi connectivity index (χ3n) is 5.21. The predicted molar refractivity (Wildman–Crippen MR) is 109 cm³/mol. The zero-order valence-corrected chi connectivity index (χ0v) is 17.7. The first-order chi connectivity index (χ1) is 13.0. The quantitative estimate of drug-likeness (QED) is 0.668. The van der Waals surface area contributed by atoms with Crippen LogP contribution in [-0.4, -0.2) is 38.2 Å². The molecule has 1 atom stereocenters. The highest BCUT2D eigenvalue weighted by molar-refractivity contribution is 7.92. The SMILES string of the molecule is CC(C)C(C)n1cc(-c2cc(S(=O)(=O)C(C)C)n(C)n2)c2[nH]nc(N)c2c1=O. The molecule has 152 valence electrons. The van der Waals surface area contributed by atoms with Gasteiger partial charge in [0, 0.05) is 30.9 Å². The fourth-order valence-electron chi connectivity index (χ4n) is 3.07. The number of hydrogen-bond acceptors (Lipinski definition) is 6. The van der Waals surface area contributed by atoms with Crippen LogP contribution in [0.4, 0.5) is 5.82 Å². The summed E-state index contributed by atoms with van der Waals surface area (Å²) in [5, 5.41) is 11.0. The molecule has 0 fully saturated rings. The minimum Gasteiger partial charge on any atom is -0.382 e. The number of sulfone groups is 1. The first-order valence-electron chi connectivity index (χ1n) is 9.13. The van der Waals surface area contributed by atoms with Crippen molar-refractivity contribution in [2.45, 2.75) is 50.9 Å². The molecule has 0 amide bonds. The molecule has 3 rings (SSSR count). The molecule has 3 N–H and O–H groups in total. The lowest BCUT2D eigenvalue weighted by Crippen LogP contribution is -2.26. The second kappa shape index (κ2) is 6.77. The number of H-pyrrole nitrogens is 1. The molecule has 9 nitrogen and oxygen atoms in total. The van der Waals surface area contributed by atoms with Gasteiger partial charge in [-0.15, -0.1) is 0 Å². The van der Waals surface area contributed by atoms with Crippen molar-refractivity contribution >= 4 is 26.6 Å². The minimum absolute atomic E-state index is 0.0903. The molecule has 0 aliphatic rings. The molecule has 0 radical (unpaired) electrons. The smallest absolute Gasteiger partial charge is 0.264 e. The molecular formula is C18H26N6O3S. The number of aromatic amines is 1. The van der Waals surface area contributed by atoms with Crippen LogP contribution in [0.15, 0.2) is 22.1 Å². The van der Waals surface area contributed by atoms with Gasteiger partial charge in [0.2, 0.25) is 0 Å². The highest BCUT2D eigenvalue weighted by Gasteiger charge is 2.26. The summed E-state index contributed by atoms with van der Waals surface area (Å²) in [6, 6.07) is 1.43. The van der Waals surface area contributed by atoms with Gasteiger partial charge >= 0.3 is 0 Å². The van der Waals surface area contributed by atoms with E-state index >= 15 is 0 Å². The molecule has 3 heterocycles. The van der Waals surface area contributed by atoms with Crippen molar-refractivity contribution in [3.63, 3.8) is 0 Å². The first-order valence-corrected chi connectivity index (χ1v) is 10.7. The van der Waals surface area contributed by atoms with Gasteiger partial charge in [0.05, 0.1) is 16.5 Å². The van der Waals surface area contributed by atoms with Gasteiger partial charge in [-0.25, -0.2) is 8.42 Å². The summed E-state index contributed by atoms with van der Waals surface area (Å²) in [6.45, 7) is 9.24. The average Bonchev–Trinajstić information content (AvgIpc) is 3.18. The van der Waals surface area contributed by atoms with E-state index in [2.05, 4.69) is 15.3 Å². The van der Waals surface area contributed by atoms with E-state index in [1.54, 1.807) is 31.7 Å². The van der Waals surface area contributed by atoms with Gasteiger partial charge in [0.1, 0.15) is 5.39 Å². The lowest BCUT2D eigenvalue weighted by Gasteiger charge is -2.20. The lowest BCUT2D eigenvalue weighted by molar-refractivity contribution is 0.400. The molecule has 0 saturated heterocycles. The molecule has 0 spiro atoms. The summed E-state index contributed by atoms with van der Waals surface area (Å²) in [4.78, 5) is 13.0. The first kappa shape index (κ1) is 20.1. The summed E-state index contributed by atoms with van der Waals surface area (Å²) in [5.74, 6) is 0.314. The van der Waals surface area contributed by atoms with Gasteiger partial charge in [-0.05, 0) is 26.7 Å². The van der Waals surface area contributed by atoms with Crippen LogP contribution < -0.4 is 11.3 Å². The number of fused-ring (bicyclic) bond motifs is 1. The topological polar surface area (TPSA) is 129 Å². The lowest BCUT2D eigenvalue weighted by atomic mass is 10.0. The van der Waals surface area contributed by atoms with E-state index in [0.717, 1.165) is 0 Å². The Kier molecular flexibility index (Phi) is 4.86. The van der Waals surface area contributed by atoms with E-state index in [1.165, 1.54) is 10.7 Å². The number of pyridine rings is 1. The molecule has 0 aliphatic heterocycles. The van der Waals surface area contributed by atoms with E-state index in [4.69, 9.17) is 5.73 Å². The normalized spacial score (nSPS) is 13.7. The number of nitrogens with zero attached hydrogens (tertiary/aromatic N) is 4. The number of aryl methyl sites for hydroxylation is 1. The van der Waals surface area contributed by atoms with Gasteiger partial charge in [-0.3, -0.25) is 14.6 Å². The zero-order chi connectivity index (χ0) is 21.0. The van der Waals surface area contributed by atoms with E-state index in [1.807, 2.05) is 20.8 Å². The summed E-state index contributed by atoms with van der Waals surface area (Å²) in [6.07, 6.45) is 1.70. The number of nitrogen functional groups attached to an aromatic ring is 1. The second-order valence-corrected chi connectivity index (χ2v) is 10.1. The third kappa shape index (κ3) is 3.01. The summed E-state index contributed by atoms with van der Waals surface area (Å²) in [5.41, 5.74) is 7.15. The predicted octanol–water partition coefficient (Wildman–Crippen LogP) is 2.11. The Bertz CT molecular complexity index is 1200. The molecule has 0 aromatic carbocycles. The molecular weight excluding hydrogens is 380 g/mol. The average molecular weight is 407 g/mol. The van der Waals surface area contributed by atoms with Gasteiger partial charge in [-0.1, -0.05) is 13.8 Å². The molecule has 28 heavy (non-hydrogen) atoms. The number of nitrogens with one attached hydrogen (secondary N) is 1. The number of aromatic nitrogens is 5. The second-order valence-electron chi connectivity index (χ2n) is 7.68. The molecule has 1 unspecified atom stereocenters. The summed E-state index contributed by atoms with van der Waals surface area (Å²) >= 11 is 0. The Morgan fingerprint density at radius 1 is 1.18 bits per heavy atom. The van der Waals surface area contributed by atoms with E-state index in [0.29, 0.717) is 16.8 Å². The molecule has 0 bridgehead atoms. The molecule has 0 aliphatic carbocycles. The van der Waals surface area contributed by atoms with Crippen LogP contribution in [0, 0.1) is 5.92 Å². The van der Waals surface area contributed by atoms with Crippen LogP contribution in [0.5, 0.6) is 0 Å². The fraction of sp³-hybridized carbons (Fsp3) is 0.500. The van der Waals surface area contributed by atoms with E-state index in [-0.39, 0.29) is 33.7 Å². The maximum absolute atomic E-state index is 13.0. The van der Waals surface area contributed by atoms with Gasteiger partial charge in [0.25, 0.3) is 5.56 Å². The zero-order valence-electron chi connectivity index (χ0n) is 16.9. The van der Waals surface area contributed by atoms with Crippen molar-refractivity contribution in [1.82, 2.24) is 24.5 Å². The van der Waals surface area contributed by atoms with Crippen LogP contribution in [-0.2, 0) is 16.9 Å². The fourth-order valence-corrected chi connectivity index (χ4v) is 4.23. The van der Waals surface area contributed by atoms with Crippen molar-refractivity contribution in [3.8, 4) is 11.3 Å². The molecule has 0 saturated carbocycles. The maximum atomic E-state index is 13.0. The number of nitrogens with two attached hydrogens (primary N) is 1. The van der Waals surface area contributed by atoms with Gasteiger partial charge < -0.3 is 10.3 Å². The molecule has 3 aromatic heterocycles. The van der Waals surface area contributed by atoms with Crippen LogP contribution in [0.25, 0.3) is 22.2 Å². The van der Waals surface area contributed by atoms with Crippen molar-refractivity contribution < 1.29 is 8.42 Å². The molecule has 10 heteroatoms. The Balaban J connectivity index is 2.33. The van der Waals surface area contributed by atoms with Crippen molar-refractivity contribution in [1.29, 1.82) is 0 Å². The van der Waals surface area contributed by atoms with Crippen molar-refractivity contribution in [2.75, 3.05) is 5.73 Å². The Hall–Kier alpha value is -2.62. The van der Waals surface area contributed by atoms with E-state index < -0.39 is 15.1 Å². The highest BCUT2D eigenvalue weighted by atomic mass is 32.2. The minimum atomic E-state index is -3.51. The van der Waals surface area contributed by atoms with Crippen molar-refractivity contribution in [3.05, 3.63) is 22.6 Å². The summed E-state index contributed by atoms with van der Waals surface area (Å²) < 4.78 is 28.2. The Morgan fingerprint density at radius 2 is 1.82 bits per heavy atom. The largest absolute Gasteiger partial charge is 0.382 e. The molecule has 3 aromatic rings. The van der Waals surface area contributed by atoms with Crippen LogP contribution in [0.3, 0.4) is 0 Å². The third-order valence-corrected chi connectivity index (χ3v) is 7.42. The van der Waals surface area contributed by atoms with Gasteiger partial charge in [-0.2, -0.15) is 10.2 Å². The van der Waals surface area contributed by atoms with E-state index in [9.17, 15) is 13.2 Å². The van der Waals surface area contributed by atoms with Crippen LogP contribution >= 0.6 is 0 Å². The van der Waals surface area contributed by atoms with Crippen molar-refractivity contribution in [2.24, 2.45) is 13.0 Å². The Morgan fingerprint density at radius 3 is 2.39 bits per heavy atom. The maximum Gasteiger partial charge on any atom is 0.264 e. The standard InChI is InChI=1S/C18H26N6O3S/c1-9(2)11(5)24-8-12(16-15(18(24)25)17(19)21-20-16)13-7-14(23(6)22-13)28(26,27)10(3)4/h7-11H,1-6H3,(H3,19,20,21). The number of hydrogen-bond donors (Lipinski definition) is 2. The monoisotopic (exact) mass is 406 g/mol. The summed E-state index contributed by atoms with van der Waals surface area (Å²) in [7, 11) is -1.92. The van der Waals surface area contributed by atoms with Crippen LogP contribution in [0.1, 0.15) is 40.7 Å².